The van der Waals surface area contributed by atoms with Gasteiger partial charge in [-0.3, -0.25) is 9.59 Å². The molecule has 0 aliphatic heterocycles. The zero-order valence-corrected chi connectivity index (χ0v) is 16.2. The van der Waals surface area contributed by atoms with E-state index >= 15 is 0 Å². The van der Waals surface area contributed by atoms with Gasteiger partial charge in [0.15, 0.2) is 0 Å². The largest absolute Gasteiger partial charge is 0.416 e. The second kappa shape index (κ2) is 8.56. The number of alkyl halides is 3. The first-order valence-electron chi connectivity index (χ1n) is 8.12. The molecule has 0 saturated carbocycles. The molecule has 0 saturated heterocycles. The molecule has 2 amide bonds. The fourth-order valence-electron chi connectivity index (χ4n) is 2.32. The Labute approximate surface area is 163 Å². The third-order valence-electron chi connectivity index (χ3n) is 3.82. The molecule has 2 aromatic carbocycles. The first kappa shape index (κ1) is 21.0. The van der Waals surface area contributed by atoms with Crippen LogP contribution in [0.25, 0.3) is 0 Å². The van der Waals surface area contributed by atoms with Gasteiger partial charge in [-0.2, -0.15) is 13.2 Å². The molecule has 0 radical (unpaired) electrons. The van der Waals surface area contributed by atoms with Crippen LogP contribution in [0.4, 0.5) is 18.9 Å². The Morgan fingerprint density at radius 2 is 1.52 bits per heavy atom. The molecule has 0 bridgehead atoms. The smallest absolute Gasteiger partial charge is 0.340 e. The van der Waals surface area contributed by atoms with Gasteiger partial charge < -0.3 is 10.6 Å². The topological polar surface area (TPSA) is 58.2 Å². The minimum Gasteiger partial charge on any atom is -0.340 e. The van der Waals surface area contributed by atoms with Gasteiger partial charge in [-0.1, -0.05) is 29.8 Å². The van der Waals surface area contributed by atoms with Crippen LogP contribution in [-0.2, 0) is 11.0 Å². The Morgan fingerprint density at radius 1 is 0.963 bits per heavy atom. The Morgan fingerprint density at radius 3 is 2.00 bits per heavy atom. The van der Waals surface area contributed by atoms with E-state index in [9.17, 15) is 22.8 Å². The molecule has 0 aliphatic rings. The maximum Gasteiger partial charge on any atom is 0.416 e. The maximum absolute atomic E-state index is 12.6. The Bertz CT molecular complexity index is 803. The number of halogens is 4. The standard InChI is InChI=1S/C19H18BrF3N2O2/c1-11(2)16(25-17(26)12-3-7-14(20)8-4-12)18(27)24-15-9-5-13(6-10-15)19(21,22)23/h3-11,16H,1-2H3,(H,24,27)(H,25,26)/t16-/m1/s1. The van der Waals surface area contributed by atoms with E-state index in [-0.39, 0.29) is 11.6 Å². The summed E-state index contributed by atoms with van der Waals surface area (Å²) in [7, 11) is 0. The highest BCUT2D eigenvalue weighted by Gasteiger charge is 2.30. The van der Waals surface area contributed by atoms with Crippen molar-refractivity contribution in [1.82, 2.24) is 5.32 Å². The highest BCUT2D eigenvalue weighted by Crippen LogP contribution is 2.29. The molecule has 0 aromatic heterocycles. The third kappa shape index (κ3) is 5.82. The zero-order valence-electron chi connectivity index (χ0n) is 14.6. The van der Waals surface area contributed by atoms with E-state index in [0.29, 0.717) is 5.56 Å². The molecule has 2 aromatic rings. The van der Waals surface area contributed by atoms with Crippen LogP contribution in [0.2, 0.25) is 0 Å². The highest BCUT2D eigenvalue weighted by molar-refractivity contribution is 9.10. The molecule has 0 spiro atoms. The van der Waals surface area contributed by atoms with Crippen LogP contribution in [0.15, 0.2) is 53.0 Å². The number of amides is 2. The van der Waals surface area contributed by atoms with Crippen molar-refractivity contribution in [3.8, 4) is 0 Å². The molecule has 1 atom stereocenters. The van der Waals surface area contributed by atoms with E-state index in [1.54, 1.807) is 38.1 Å². The summed E-state index contributed by atoms with van der Waals surface area (Å²) in [6.45, 7) is 3.53. The van der Waals surface area contributed by atoms with Gasteiger partial charge >= 0.3 is 6.18 Å². The lowest BCUT2D eigenvalue weighted by Crippen LogP contribution is -2.47. The minimum atomic E-state index is -4.44. The molecule has 4 nitrogen and oxygen atoms in total. The van der Waals surface area contributed by atoms with Gasteiger partial charge in [0.1, 0.15) is 6.04 Å². The van der Waals surface area contributed by atoms with Gasteiger partial charge in [0.2, 0.25) is 5.91 Å². The predicted octanol–water partition coefficient (Wildman–Crippen LogP) is 4.86. The van der Waals surface area contributed by atoms with Crippen molar-refractivity contribution in [2.45, 2.75) is 26.1 Å². The van der Waals surface area contributed by atoms with Gasteiger partial charge in [0.25, 0.3) is 5.91 Å². The van der Waals surface area contributed by atoms with Gasteiger partial charge in [-0.05, 0) is 54.4 Å². The van der Waals surface area contributed by atoms with Crippen molar-refractivity contribution >= 4 is 33.4 Å². The second-order valence-corrected chi connectivity index (χ2v) is 7.18. The van der Waals surface area contributed by atoms with Gasteiger partial charge in [-0.15, -0.1) is 0 Å². The van der Waals surface area contributed by atoms with Gasteiger partial charge in [-0.25, -0.2) is 0 Å². The summed E-state index contributed by atoms with van der Waals surface area (Å²) in [5, 5.41) is 5.20. The lowest BCUT2D eigenvalue weighted by molar-refractivity contribution is -0.137. The van der Waals surface area contributed by atoms with E-state index in [1.165, 1.54) is 12.1 Å². The summed E-state index contributed by atoms with van der Waals surface area (Å²) in [6, 6.07) is 9.94. The number of carbonyl (C=O) groups is 2. The quantitative estimate of drug-likeness (QED) is 0.694. The normalized spacial score (nSPS) is 12.6. The van der Waals surface area contributed by atoms with Crippen LogP contribution in [0, 0.1) is 5.92 Å². The number of anilines is 1. The van der Waals surface area contributed by atoms with Gasteiger partial charge in [0, 0.05) is 15.7 Å². The summed E-state index contributed by atoms with van der Waals surface area (Å²) in [5.41, 5.74) is -0.188. The van der Waals surface area contributed by atoms with E-state index < -0.39 is 29.6 Å². The molecule has 0 aliphatic carbocycles. The lowest BCUT2D eigenvalue weighted by Gasteiger charge is -2.22. The summed E-state index contributed by atoms with van der Waals surface area (Å²) >= 11 is 3.28. The van der Waals surface area contributed by atoms with Crippen molar-refractivity contribution in [3.05, 3.63) is 64.1 Å². The molecule has 0 heterocycles. The number of benzene rings is 2. The Balaban J connectivity index is 2.08. The maximum atomic E-state index is 12.6. The number of carbonyl (C=O) groups excluding carboxylic acids is 2. The average Bonchev–Trinajstić information content (AvgIpc) is 2.59. The molecular formula is C19H18BrF3N2O2. The summed E-state index contributed by atoms with van der Waals surface area (Å²) in [5.74, 6) is -1.14. The van der Waals surface area contributed by atoms with E-state index in [2.05, 4.69) is 26.6 Å². The van der Waals surface area contributed by atoms with Crippen LogP contribution >= 0.6 is 15.9 Å². The Kier molecular flexibility index (Phi) is 6.64. The SMILES string of the molecule is CC(C)[C@@H](NC(=O)c1ccc(Br)cc1)C(=O)Nc1ccc(C(F)(F)F)cc1. The number of nitrogens with one attached hydrogen (secondary N) is 2. The van der Waals surface area contributed by atoms with Crippen LogP contribution in [0.5, 0.6) is 0 Å². The molecular weight excluding hydrogens is 425 g/mol. The highest BCUT2D eigenvalue weighted by atomic mass is 79.9. The van der Waals surface area contributed by atoms with Crippen LogP contribution in [-0.4, -0.2) is 17.9 Å². The molecule has 2 N–H and O–H groups in total. The van der Waals surface area contributed by atoms with Crippen LogP contribution in [0.3, 0.4) is 0 Å². The minimum absolute atomic E-state index is 0.219. The van der Waals surface area contributed by atoms with Crippen LogP contribution < -0.4 is 10.6 Å². The monoisotopic (exact) mass is 442 g/mol. The Hall–Kier alpha value is -2.35. The van der Waals surface area contributed by atoms with Crippen molar-refractivity contribution in [2.24, 2.45) is 5.92 Å². The first-order valence-corrected chi connectivity index (χ1v) is 8.92. The summed E-state index contributed by atoms with van der Waals surface area (Å²) in [4.78, 5) is 24.9. The second-order valence-electron chi connectivity index (χ2n) is 6.27. The summed E-state index contributed by atoms with van der Waals surface area (Å²) < 4.78 is 38.6. The fourth-order valence-corrected chi connectivity index (χ4v) is 2.59. The molecule has 2 rings (SSSR count). The number of hydrogen-bond acceptors (Lipinski definition) is 2. The average molecular weight is 443 g/mol. The molecule has 0 fully saturated rings. The van der Waals surface area contributed by atoms with E-state index in [1.807, 2.05) is 0 Å². The molecule has 0 unspecified atom stereocenters. The zero-order chi connectivity index (χ0) is 20.2. The predicted molar refractivity (Wildman–Crippen MR) is 100 cm³/mol. The third-order valence-corrected chi connectivity index (χ3v) is 4.35. The first-order chi connectivity index (χ1) is 12.6. The number of rotatable bonds is 5. The van der Waals surface area contributed by atoms with Crippen LogP contribution in [0.1, 0.15) is 29.8 Å². The van der Waals surface area contributed by atoms with Crippen molar-refractivity contribution in [3.63, 3.8) is 0 Å². The fraction of sp³-hybridized carbons (Fsp3) is 0.263. The van der Waals surface area contributed by atoms with Crippen molar-refractivity contribution in [2.75, 3.05) is 5.32 Å². The molecule has 27 heavy (non-hydrogen) atoms. The van der Waals surface area contributed by atoms with Crippen molar-refractivity contribution in [1.29, 1.82) is 0 Å². The summed E-state index contributed by atoms with van der Waals surface area (Å²) in [6.07, 6.45) is -4.44. The van der Waals surface area contributed by atoms with E-state index in [0.717, 1.165) is 16.6 Å². The van der Waals surface area contributed by atoms with E-state index in [4.69, 9.17) is 0 Å². The number of hydrogen-bond donors (Lipinski definition) is 2. The molecule has 8 heteroatoms. The molecule has 144 valence electrons. The van der Waals surface area contributed by atoms with Gasteiger partial charge in [0.05, 0.1) is 5.56 Å². The lowest BCUT2D eigenvalue weighted by atomic mass is 10.0. The van der Waals surface area contributed by atoms with Crippen molar-refractivity contribution < 1.29 is 22.8 Å².